The van der Waals surface area contributed by atoms with E-state index in [-0.39, 0.29) is 0 Å². The van der Waals surface area contributed by atoms with Crippen molar-refractivity contribution in [3.05, 3.63) is 23.8 Å². The van der Waals surface area contributed by atoms with Crippen molar-refractivity contribution in [3.63, 3.8) is 0 Å². The smallest absolute Gasteiger partial charge is 0.160 e. The van der Waals surface area contributed by atoms with Crippen LogP contribution in [0.3, 0.4) is 0 Å². The van der Waals surface area contributed by atoms with Gasteiger partial charge < -0.3 is 14.8 Å². The van der Waals surface area contributed by atoms with E-state index >= 15 is 0 Å². The van der Waals surface area contributed by atoms with Crippen molar-refractivity contribution in [3.8, 4) is 11.5 Å². The average molecular weight is 236 g/mol. The molecule has 0 aromatic heterocycles. The zero-order valence-corrected chi connectivity index (χ0v) is 10.5. The number of benzene rings is 1. The third-order valence-electron chi connectivity index (χ3n) is 3.10. The van der Waals surface area contributed by atoms with E-state index in [1.807, 2.05) is 6.07 Å². The molecule has 4 heteroatoms. The molecule has 0 bridgehead atoms. The normalized spacial score (nSPS) is 16.1. The number of rotatable bonds is 5. The van der Waals surface area contributed by atoms with Gasteiger partial charge in [0.05, 0.1) is 14.2 Å². The van der Waals surface area contributed by atoms with Gasteiger partial charge in [-0.3, -0.25) is 4.90 Å². The first-order valence-corrected chi connectivity index (χ1v) is 5.97. The molecule has 1 aromatic carbocycles. The van der Waals surface area contributed by atoms with Crippen LogP contribution in [0.15, 0.2) is 18.2 Å². The molecule has 0 atom stereocenters. The zero-order valence-electron chi connectivity index (χ0n) is 10.5. The van der Waals surface area contributed by atoms with Crippen molar-refractivity contribution in [2.24, 2.45) is 0 Å². The van der Waals surface area contributed by atoms with E-state index in [9.17, 15) is 0 Å². The van der Waals surface area contributed by atoms with Crippen molar-refractivity contribution in [2.75, 3.05) is 40.5 Å². The molecule has 0 saturated carbocycles. The molecule has 0 spiro atoms. The highest BCUT2D eigenvalue weighted by Crippen LogP contribution is 2.27. The second-order valence-corrected chi connectivity index (χ2v) is 4.22. The molecule has 0 amide bonds. The van der Waals surface area contributed by atoms with Crippen molar-refractivity contribution in [1.82, 2.24) is 10.2 Å². The Kier molecular flexibility index (Phi) is 4.23. The van der Waals surface area contributed by atoms with E-state index < -0.39 is 0 Å². The predicted octanol–water partition coefficient (Wildman–Crippen LogP) is 1.11. The summed E-state index contributed by atoms with van der Waals surface area (Å²) in [7, 11) is 3.33. The first-order valence-electron chi connectivity index (χ1n) is 5.97. The molecule has 1 aliphatic heterocycles. The lowest BCUT2D eigenvalue weighted by atomic mass is 10.1. The minimum Gasteiger partial charge on any atom is -0.493 e. The van der Waals surface area contributed by atoms with Crippen LogP contribution >= 0.6 is 0 Å². The van der Waals surface area contributed by atoms with Crippen molar-refractivity contribution >= 4 is 0 Å². The summed E-state index contributed by atoms with van der Waals surface area (Å²) in [4.78, 5) is 2.41. The third kappa shape index (κ3) is 3.11. The van der Waals surface area contributed by atoms with Gasteiger partial charge in [0.15, 0.2) is 11.5 Å². The van der Waals surface area contributed by atoms with E-state index in [0.717, 1.165) is 44.2 Å². The summed E-state index contributed by atoms with van der Waals surface area (Å²) in [6.07, 6.45) is 1.04. The minimum atomic E-state index is 0.791. The lowest BCUT2D eigenvalue weighted by molar-refractivity contribution is 0.337. The monoisotopic (exact) mass is 236 g/mol. The summed E-state index contributed by atoms with van der Waals surface area (Å²) in [5.74, 6) is 1.60. The van der Waals surface area contributed by atoms with Crippen LogP contribution in [0, 0.1) is 0 Å². The highest BCUT2D eigenvalue weighted by molar-refractivity contribution is 5.42. The maximum atomic E-state index is 5.30. The first kappa shape index (κ1) is 12.2. The van der Waals surface area contributed by atoms with Crippen molar-refractivity contribution in [1.29, 1.82) is 0 Å². The van der Waals surface area contributed by atoms with E-state index in [1.165, 1.54) is 5.56 Å². The van der Waals surface area contributed by atoms with Gasteiger partial charge in [-0.05, 0) is 24.1 Å². The molecule has 94 valence electrons. The summed E-state index contributed by atoms with van der Waals surface area (Å²) in [6, 6.07) is 6.13. The fourth-order valence-corrected chi connectivity index (χ4v) is 2.07. The molecule has 1 aromatic rings. The van der Waals surface area contributed by atoms with Crippen LogP contribution in [0.1, 0.15) is 5.56 Å². The van der Waals surface area contributed by atoms with E-state index in [2.05, 4.69) is 22.3 Å². The molecule has 0 radical (unpaired) electrons. The van der Waals surface area contributed by atoms with Gasteiger partial charge in [0.25, 0.3) is 0 Å². The van der Waals surface area contributed by atoms with E-state index in [0.29, 0.717) is 0 Å². The van der Waals surface area contributed by atoms with Crippen LogP contribution < -0.4 is 14.8 Å². The SMILES string of the molecule is COc1ccc(CCN2CCNC2)cc1OC. The van der Waals surface area contributed by atoms with Crippen LogP contribution in [-0.4, -0.2) is 45.4 Å². The average Bonchev–Trinajstić information content (AvgIpc) is 2.89. The third-order valence-corrected chi connectivity index (χ3v) is 3.10. The maximum absolute atomic E-state index is 5.30. The molecule has 1 saturated heterocycles. The largest absolute Gasteiger partial charge is 0.493 e. The predicted molar refractivity (Wildman–Crippen MR) is 67.7 cm³/mol. The Morgan fingerprint density at radius 1 is 1.24 bits per heavy atom. The molecule has 0 aliphatic carbocycles. The molecule has 17 heavy (non-hydrogen) atoms. The summed E-state index contributed by atoms with van der Waals surface area (Å²) in [5, 5.41) is 3.33. The Labute approximate surface area is 103 Å². The van der Waals surface area contributed by atoms with Gasteiger partial charge in [0, 0.05) is 26.3 Å². The number of ether oxygens (including phenoxy) is 2. The van der Waals surface area contributed by atoms with Gasteiger partial charge in [-0.1, -0.05) is 6.07 Å². The standard InChI is InChI=1S/C13H20N2O2/c1-16-12-4-3-11(9-13(12)17-2)5-7-15-8-6-14-10-15/h3-4,9,14H,5-8,10H2,1-2H3. The number of hydrogen-bond donors (Lipinski definition) is 1. The molecule has 1 N–H and O–H groups in total. The first-order chi connectivity index (χ1) is 8.33. The van der Waals surface area contributed by atoms with Gasteiger partial charge in [0.1, 0.15) is 0 Å². The number of nitrogens with zero attached hydrogens (tertiary/aromatic N) is 1. The molecule has 1 heterocycles. The van der Waals surface area contributed by atoms with Crippen LogP contribution in [0.25, 0.3) is 0 Å². The van der Waals surface area contributed by atoms with Gasteiger partial charge in [-0.25, -0.2) is 0 Å². The van der Waals surface area contributed by atoms with Gasteiger partial charge in [-0.2, -0.15) is 0 Å². The molecule has 1 fully saturated rings. The molecule has 4 nitrogen and oxygen atoms in total. The van der Waals surface area contributed by atoms with Gasteiger partial charge in [-0.15, -0.1) is 0 Å². The molecular weight excluding hydrogens is 216 g/mol. The van der Waals surface area contributed by atoms with E-state index in [4.69, 9.17) is 9.47 Å². The Balaban J connectivity index is 1.95. The van der Waals surface area contributed by atoms with Crippen LogP contribution in [0.4, 0.5) is 0 Å². The lowest BCUT2D eigenvalue weighted by Crippen LogP contribution is -2.24. The van der Waals surface area contributed by atoms with Crippen LogP contribution in [0.5, 0.6) is 11.5 Å². The second-order valence-electron chi connectivity index (χ2n) is 4.22. The van der Waals surface area contributed by atoms with Crippen LogP contribution in [-0.2, 0) is 6.42 Å². The van der Waals surface area contributed by atoms with Crippen molar-refractivity contribution in [2.45, 2.75) is 6.42 Å². The fraction of sp³-hybridized carbons (Fsp3) is 0.538. The maximum Gasteiger partial charge on any atom is 0.160 e. The van der Waals surface area contributed by atoms with Crippen LogP contribution in [0.2, 0.25) is 0 Å². The Morgan fingerprint density at radius 3 is 2.71 bits per heavy atom. The Hall–Kier alpha value is -1.26. The highest BCUT2D eigenvalue weighted by atomic mass is 16.5. The quantitative estimate of drug-likeness (QED) is 0.830. The highest BCUT2D eigenvalue weighted by Gasteiger charge is 2.11. The summed E-state index contributed by atoms with van der Waals surface area (Å²) < 4.78 is 10.5. The Morgan fingerprint density at radius 2 is 2.06 bits per heavy atom. The van der Waals surface area contributed by atoms with Crippen molar-refractivity contribution < 1.29 is 9.47 Å². The Bertz CT molecular complexity index is 362. The second kappa shape index (κ2) is 5.89. The van der Waals surface area contributed by atoms with Gasteiger partial charge >= 0.3 is 0 Å². The number of hydrogen-bond acceptors (Lipinski definition) is 4. The zero-order chi connectivity index (χ0) is 12.1. The lowest BCUT2D eigenvalue weighted by Gasteiger charge is -2.14. The fourth-order valence-electron chi connectivity index (χ4n) is 2.07. The molecule has 0 unspecified atom stereocenters. The topological polar surface area (TPSA) is 33.7 Å². The number of nitrogens with one attached hydrogen (secondary N) is 1. The summed E-state index contributed by atoms with van der Waals surface area (Å²) in [6.45, 7) is 4.34. The number of methoxy groups -OCH3 is 2. The summed E-state index contributed by atoms with van der Waals surface area (Å²) >= 11 is 0. The molecule has 1 aliphatic rings. The molecule has 2 rings (SSSR count). The summed E-state index contributed by atoms with van der Waals surface area (Å²) in [5.41, 5.74) is 1.29. The molecular formula is C13H20N2O2. The minimum absolute atomic E-state index is 0.791. The van der Waals surface area contributed by atoms with E-state index in [1.54, 1.807) is 14.2 Å². The van der Waals surface area contributed by atoms with Gasteiger partial charge in [0.2, 0.25) is 0 Å².